The highest BCUT2D eigenvalue weighted by molar-refractivity contribution is 7.15. The van der Waals surface area contributed by atoms with Gasteiger partial charge in [0.05, 0.1) is 22.5 Å². The predicted octanol–water partition coefficient (Wildman–Crippen LogP) is 4.24. The Balaban J connectivity index is 1.99. The van der Waals surface area contributed by atoms with Crippen molar-refractivity contribution in [2.75, 3.05) is 4.90 Å². The Morgan fingerprint density at radius 3 is 2.53 bits per heavy atom. The first-order chi connectivity index (χ1) is 14.3. The number of hydrogen-bond acceptors (Lipinski definition) is 7. The maximum Gasteiger partial charge on any atom is 0.324 e. The summed E-state index contributed by atoms with van der Waals surface area (Å²) >= 11 is 0.837. The second-order valence-electron chi connectivity index (χ2n) is 6.82. The lowest BCUT2D eigenvalue weighted by Gasteiger charge is -2.39. The average Bonchev–Trinajstić information content (AvgIpc) is 3.19. The zero-order chi connectivity index (χ0) is 21.6. The Morgan fingerprint density at radius 1 is 1.23 bits per heavy atom. The number of thiophene rings is 1. The highest BCUT2D eigenvalue weighted by atomic mass is 32.1. The van der Waals surface area contributed by atoms with Gasteiger partial charge in [-0.3, -0.25) is 19.8 Å². The van der Waals surface area contributed by atoms with Crippen LogP contribution >= 0.6 is 11.3 Å². The zero-order valence-corrected chi connectivity index (χ0v) is 16.2. The van der Waals surface area contributed by atoms with Crippen LogP contribution < -0.4 is 10.6 Å². The van der Waals surface area contributed by atoms with Crippen molar-refractivity contribution in [3.63, 3.8) is 0 Å². The number of Topliss-reactive ketones (excluding diaryl/α,β-unsaturated/α-hetero) is 1. The minimum absolute atomic E-state index is 0.0802. The number of ketones is 1. The first kappa shape index (κ1) is 19.7. The Morgan fingerprint density at radius 2 is 1.93 bits per heavy atom. The second kappa shape index (κ2) is 7.35. The van der Waals surface area contributed by atoms with Crippen LogP contribution in [0.2, 0.25) is 0 Å². The molecular weight excluding hydrogens is 414 g/mol. The molecule has 1 aliphatic carbocycles. The Hall–Kier alpha value is -3.58. The van der Waals surface area contributed by atoms with Gasteiger partial charge < -0.3 is 5.73 Å². The molecule has 0 spiro atoms. The third-order valence-corrected chi connectivity index (χ3v) is 6.25. The van der Waals surface area contributed by atoms with Crippen LogP contribution in [0.5, 0.6) is 0 Å². The largest absolute Gasteiger partial charge is 0.384 e. The van der Waals surface area contributed by atoms with Crippen LogP contribution in [0, 0.1) is 33.1 Å². The molecule has 2 aliphatic rings. The van der Waals surface area contributed by atoms with E-state index in [0.29, 0.717) is 23.4 Å². The number of nitrogens with zero attached hydrogens (tertiary/aromatic N) is 3. The van der Waals surface area contributed by atoms with Gasteiger partial charge in [0.15, 0.2) is 5.78 Å². The van der Waals surface area contributed by atoms with E-state index in [4.69, 9.17) is 5.73 Å². The molecule has 4 rings (SSSR count). The SMILES string of the molecule is N#CC1=C(N)N(c2c(F)cccc2F)C2=C(C(=O)CCC2)[C@H]1c1ccc([N+](=O)[O-])s1. The number of anilines is 1. The van der Waals surface area contributed by atoms with Crippen molar-refractivity contribution < 1.29 is 18.5 Å². The number of hydrogen-bond donors (Lipinski definition) is 1. The molecule has 1 atom stereocenters. The van der Waals surface area contributed by atoms with Crippen molar-refractivity contribution in [2.45, 2.75) is 25.2 Å². The number of para-hydroxylation sites is 1. The minimum atomic E-state index is -0.914. The van der Waals surface area contributed by atoms with Gasteiger partial charge >= 0.3 is 5.00 Å². The molecule has 0 saturated carbocycles. The van der Waals surface area contributed by atoms with Gasteiger partial charge in [-0.05, 0) is 31.0 Å². The minimum Gasteiger partial charge on any atom is -0.384 e. The second-order valence-corrected chi connectivity index (χ2v) is 7.91. The first-order valence-electron chi connectivity index (χ1n) is 8.99. The van der Waals surface area contributed by atoms with Gasteiger partial charge in [-0.1, -0.05) is 17.4 Å². The third kappa shape index (κ3) is 2.95. The summed E-state index contributed by atoms with van der Waals surface area (Å²) < 4.78 is 29.2. The molecule has 0 radical (unpaired) electrons. The van der Waals surface area contributed by atoms with E-state index in [-0.39, 0.29) is 34.2 Å². The molecule has 0 amide bonds. The normalized spacial score (nSPS) is 19.0. The lowest BCUT2D eigenvalue weighted by atomic mass is 9.78. The summed E-state index contributed by atoms with van der Waals surface area (Å²) in [6.07, 6.45) is 0.976. The summed E-state index contributed by atoms with van der Waals surface area (Å²) in [4.78, 5) is 25.0. The lowest BCUT2D eigenvalue weighted by Crippen LogP contribution is -2.39. The molecule has 1 aromatic heterocycles. The topological polar surface area (TPSA) is 113 Å². The highest BCUT2D eigenvalue weighted by Gasteiger charge is 2.42. The molecule has 1 aromatic carbocycles. The monoisotopic (exact) mass is 428 g/mol. The molecule has 10 heteroatoms. The van der Waals surface area contributed by atoms with Crippen molar-refractivity contribution in [3.05, 3.63) is 79.6 Å². The summed E-state index contributed by atoms with van der Waals surface area (Å²) in [6, 6.07) is 8.06. The summed E-state index contributed by atoms with van der Waals surface area (Å²) in [5.41, 5.74) is 6.20. The quantitative estimate of drug-likeness (QED) is 0.578. The average molecular weight is 428 g/mol. The first-order valence-corrected chi connectivity index (χ1v) is 9.81. The van der Waals surface area contributed by atoms with Gasteiger partial charge in [-0.2, -0.15) is 5.26 Å². The van der Waals surface area contributed by atoms with E-state index in [9.17, 15) is 29.0 Å². The highest BCUT2D eigenvalue weighted by Crippen LogP contribution is 2.49. The number of carbonyl (C=O) groups is 1. The summed E-state index contributed by atoms with van der Waals surface area (Å²) in [7, 11) is 0. The molecule has 2 aromatic rings. The smallest absolute Gasteiger partial charge is 0.324 e. The molecule has 2 N–H and O–H groups in total. The Bertz CT molecular complexity index is 1170. The predicted molar refractivity (Wildman–Crippen MR) is 105 cm³/mol. The van der Waals surface area contributed by atoms with Crippen LogP contribution in [-0.4, -0.2) is 10.7 Å². The number of nitro groups is 1. The van der Waals surface area contributed by atoms with E-state index in [1.807, 2.05) is 6.07 Å². The molecule has 7 nitrogen and oxygen atoms in total. The number of allylic oxidation sites excluding steroid dienone is 3. The van der Waals surface area contributed by atoms with Gasteiger partial charge in [0, 0.05) is 28.6 Å². The van der Waals surface area contributed by atoms with Crippen molar-refractivity contribution in [3.8, 4) is 6.07 Å². The number of benzene rings is 1. The Labute approximate surface area is 173 Å². The van der Waals surface area contributed by atoms with Crippen LogP contribution in [0.4, 0.5) is 19.5 Å². The van der Waals surface area contributed by atoms with Gasteiger partial charge in [0.25, 0.3) is 0 Å². The maximum absolute atomic E-state index is 14.6. The van der Waals surface area contributed by atoms with E-state index >= 15 is 0 Å². The van der Waals surface area contributed by atoms with Crippen LogP contribution in [-0.2, 0) is 4.79 Å². The number of carbonyl (C=O) groups excluding carboxylic acids is 1. The van der Waals surface area contributed by atoms with E-state index in [2.05, 4.69) is 0 Å². The molecule has 30 heavy (non-hydrogen) atoms. The van der Waals surface area contributed by atoms with Crippen molar-refractivity contribution >= 4 is 27.8 Å². The molecule has 0 saturated heterocycles. The lowest BCUT2D eigenvalue weighted by molar-refractivity contribution is -0.380. The van der Waals surface area contributed by atoms with E-state index in [1.165, 1.54) is 18.2 Å². The summed E-state index contributed by atoms with van der Waals surface area (Å²) in [5.74, 6) is -3.16. The van der Waals surface area contributed by atoms with Crippen LogP contribution in [0.25, 0.3) is 0 Å². The fraction of sp³-hybridized carbons (Fsp3) is 0.200. The number of halogens is 2. The summed E-state index contributed by atoms with van der Waals surface area (Å²) in [5, 5.41) is 20.8. The number of rotatable bonds is 3. The number of nitrogens with two attached hydrogens (primary N) is 1. The molecule has 152 valence electrons. The van der Waals surface area contributed by atoms with Gasteiger partial charge in [0.1, 0.15) is 23.1 Å². The Kier molecular flexibility index (Phi) is 4.83. The van der Waals surface area contributed by atoms with Gasteiger partial charge in [0.2, 0.25) is 0 Å². The standard InChI is InChI=1S/C20H14F2N4O3S/c21-11-3-1-4-12(22)19(11)25-13-5-2-6-14(27)18(13)17(10(9-23)20(25)24)15-7-8-16(30-15)26(28)29/h1,3-4,7-8,17H,2,5-6,24H2/t17-/m1/s1. The molecule has 0 fully saturated rings. The van der Waals surface area contributed by atoms with E-state index in [1.54, 1.807) is 0 Å². The van der Waals surface area contributed by atoms with Crippen LogP contribution in [0.1, 0.15) is 30.1 Å². The van der Waals surface area contributed by atoms with Gasteiger partial charge in [-0.25, -0.2) is 8.78 Å². The van der Waals surface area contributed by atoms with Crippen molar-refractivity contribution in [1.29, 1.82) is 5.26 Å². The molecular formula is C20H14F2N4O3S. The van der Waals surface area contributed by atoms with Crippen LogP contribution in [0.3, 0.4) is 0 Å². The molecule has 0 bridgehead atoms. The van der Waals surface area contributed by atoms with Crippen molar-refractivity contribution in [1.82, 2.24) is 0 Å². The third-order valence-electron chi connectivity index (χ3n) is 5.15. The number of nitriles is 1. The fourth-order valence-corrected chi connectivity index (χ4v) is 4.87. The summed E-state index contributed by atoms with van der Waals surface area (Å²) in [6.45, 7) is 0. The van der Waals surface area contributed by atoms with Gasteiger partial charge in [-0.15, -0.1) is 0 Å². The zero-order valence-electron chi connectivity index (χ0n) is 15.4. The molecule has 0 unspecified atom stereocenters. The van der Waals surface area contributed by atoms with E-state index < -0.39 is 28.2 Å². The van der Waals surface area contributed by atoms with Crippen molar-refractivity contribution in [2.24, 2.45) is 5.73 Å². The molecule has 2 heterocycles. The van der Waals surface area contributed by atoms with E-state index in [0.717, 1.165) is 28.4 Å². The maximum atomic E-state index is 14.6. The fourth-order valence-electron chi connectivity index (χ4n) is 3.92. The molecule has 1 aliphatic heterocycles. The van der Waals surface area contributed by atoms with Crippen LogP contribution in [0.15, 0.2) is 53.0 Å².